The first-order chi connectivity index (χ1) is 10.9. The normalized spacial score (nSPS) is 17.6. The van der Waals surface area contributed by atoms with E-state index in [0.717, 1.165) is 24.8 Å². The van der Waals surface area contributed by atoms with Gasteiger partial charge in [0.1, 0.15) is 0 Å². The number of urea groups is 1. The number of fused-ring (bicyclic) bond motifs is 1. The van der Waals surface area contributed by atoms with Gasteiger partial charge in [-0.15, -0.1) is 0 Å². The fraction of sp³-hybridized carbons (Fsp3) is 0.562. The van der Waals surface area contributed by atoms with E-state index in [1.54, 1.807) is 13.8 Å². The molecular weight excluding hydrogens is 314 g/mol. The van der Waals surface area contributed by atoms with Crippen LogP contribution in [0.3, 0.4) is 0 Å². The fourth-order valence-corrected chi connectivity index (χ4v) is 4.04. The summed E-state index contributed by atoms with van der Waals surface area (Å²) in [7, 11) is -3.35. The van der Waals surface area contributed by atoms with E-state index in [4.69, 9.17) is 0 Å². The van der Waals surface area contributed by atoms with Gasteiger partial charge in [0, 0.05) is 12.6 Å². The molecule has 0 spiro atoms. The van der Waals surface area contributed by atoms with E-state index >= 15 is 0 Å². The SMILES string of the molecule is CC(C)NS(=O)(=O)CCNC(=O)N[C@@H]1CCCc2ccccc21. The van der Waals surface area contributed by atoms with Gasteiger partial charge < -0.3 is 10.6 Å². The quantitative estimate of drug-likeness (QED) is 0.737. The second-order valence-corrected chi connectivity index (χ2v) is 8.01. The van der Waals surface area contributed by atoms with Gasteiger partial charge in [0.05, 0.1) is 11.8 Å². The summed E-state index contributed by atoms with van der Waals surface area (Å²) < 4.78 is 25.9. The maximum absolute atomic E-state index is 12.0. The van der Waals surface area contributed by atoms with E-state index in [1.165, 1.54) is 5.56 Å². The molecule has 2 amide bonds. The maximum Gasteiger partial charge on any atom is 0.315 e. The van der Waals surface area contributed by atoms with Crippen LogP contribution in [-0.4, -0.2) is 32.8 Å². The van der Waals surface area contributed by atoms with Crippen molar-refractivity contribution in [2.45, 2.75) is 45.2 Å². The Kier molecular flexibility index (Phi) is 6.01. The van der Waals surface area contributed by atoms with Crippen LogP contribution in [0.1, 0.15) is 43.9 Å². The minimum absolute atomic E-state index is 0.00894. The van der Waals surface area contributed by atoms with Gasteiger partial charge >= 0.3 is 6.03 Å². The number of aryl methyl sites for hydroxylation is 1. The average molecular weight is 339 g/mol. The van der Waals surface area contributed by atoms with E-state index in [9.17, 15) is 13.2 Å². The van der Waals surface area contributed by atoms with E-state index in [2.05, 4.69) is 21.4 Å². The smallest absolute Gasteiger partial charge is 0.315 e. The predicted molar refractivity (Wildman–Crippen MR) is 90.7 cm³/mol. The van der Waals surface area contributed by atoms with Gasteiger partial charge in [0.25, 0.3) is 0 Å². The van der Waals surface area contributed by atoms with Crippen LogP contribution in [0, 0.1) is 0 Å². The molecule has 128 valence electrons. The van der Waals surface area contributed by atoms with Crippen LogP contribution >= 0.6 is 0 Å². The lowest BCUT2D eigenvalue weighted by molar-refractivity contribution is 0.236. The van der Waals surface area contributed by atoms with Gasteiger partial charge in [0.15, 0.2) is 0 Å². The molecule has 0 aliphatic heterocycles. The Morgan fingerprint density at radius 3 is 2.78 bits per heavy atom. The summed E-state index contributed by atoms with van der Waals surface area (Å²) in [6.07, 6.45) is 2.97. The van der Waals surface area contributed by atoms with Gasteiger partial charge in [-0.05, 0) is 44.2 Å². The summed E-state index contributed by atoms with van der Waals surface area (Å²) in [6.45, 7) is 3.61. The van der Waals surface area contributed by atoms with Gasteiger partial charge in [-0.2, -0.15) is 0 Å². The van der Waals surface area contributed by atoms with Crippen LogP contribution in [0.5, 0.6) is 0 Å². The van der Waals surface area contributed by atoms with Crippen LogP contribution in [0.4, 0.5) is 4.79 Å². The number of amides is 2. The minimum atomic E-state index is -3.35. The van der Waals surface area contributed by atoms with Gasteiger partial charge in [-0.1, -0.05) is 24.3 Å². The Morgan fingerprint density at radius 1 is 1.30 bits per heavy atom. The van der Waals surface area contributed by atoms with Crippen LogP contribution in [0.2, 0.25) is 0 Å². The molecule has 1 aromatic rings. The van der Waals surface area contributed by atoms with Crippen molar-refractivity contribution in [3.63, 3.8) is 0 Å². The zero-order valence-electron chi connectivity index (χ0n) is 13.6. The summed E-state index contributed by atoms with van der Waals surface area (Å²) in [6, 6.07) is 7.63. The number of sulfonamides is 1. The van der Waals surface area contributed by atoms with Crippen LogP contribution in [0.15, 0.2) is 24.3 Å². The number of hydrogen-bond acceptors (Lipinski definition) is 3. The van der Waals surface area contributed by atoms with Crippen molar-refractivity contribution in [1.29, 1.82) is 0 Å². The second-order valence-electron chi connectivity index (χ2n) is 6.14. The Hall–Kier alpha value is -1.60. The fourth-order valence-electron chi connectivity index (χ4n) is 2.83. The summed E-state index contributed by atoms with van der Waals surface area (Å²) in [5, 5.41) is 5.56. The van der Waals surface area contributed by atoms with Crippen molar-refractivity contribution in [3.05, 3.63) is 35.4 Å². The van der Waals surface area contributed by atoms with E-state index in [-0.39, 0.29) is 30.4 Å². The Labute approximate surface area is 138 Å². The van der Waals surface area contributed by atoms with Crippen LogP contribution < -0.4 is 15.4 Å². The second kappa shape index (κ2) is 7.79. The molecule has 1 atom stereocenters. The highest BCUT2D eigenvalue weighted by molar-refractivity contribution is 7.89. The third kappa shape index (κ3) is 5.51. The maximum atomic E-state index is 12.0. The highest BCUT2D eigenvalue weighted by Crippen LogP contribution is 2.29. The lowest BCUT2D eigenvalue weighted by atomic mass is 9.88. The van der Waals surface area contributed by atoms with Crippen LogP contribution in [0.25, 0.3) is 0 Å². The number of carbonyl (C=O) groups is 1. The molecule has 1 aliphatic rings. The zero-order chi connectivity index (χ0) is 16.9. The van der Waals surface area contributed by atoms with E-state index < -0.39 is 10.0 Å². The Bertz CT molecular complexity index is 644. The average Bonchev–Trinajstić information content (AvgIpc) is 2.46. The molecule has 0 saturated heterocycles. The molecule has 3 N–H and O–H groups in total. The number of nitrogens with one attached hydrogen (secondary N) is 3. The summed E-state index contributed by atoms with van der Waals surface area (Å²) in [4.78, 5) is 12.0. The van der Waals surface area contributed by atoms with Gasteiger partial charge in [0.2, 0.25) is 10.0 Å². The molecule has 2 rings (SSSR count). The Balaban J connectivity index is 1.82. The minimum Gasteiger partial charge on any atom is -0.337 e. The number of hydrogen-bond donors (Lipinski definition) is 3. The lowest BCUT2D eigenvalue weighted by Gasteiger charge is -2.26. The molecule has 6 nitrogen and oxygen atoms in total. The van der Waals surface area contributed by atoms with E-state index in [1.807, 2.05) is 18.2 Å². The van der Waals surface area contributed by atoms with Crippen molar-refractivity contribution in [2.24, 2.45) is 0 Å². The first-order valence-corrected chi connectivity index (χ1v) is 9.65. The number of benzene rings is 1. The van der Waals surface area contributed by atoms with Crippen molar-refractivity contribution in [2.75, 3.05) is 12.3 Å². The largest absolute Gasteiger partial charge is 0.337 e. The third-order valence-electron chi connectivity index (χ3n) is 3.75. The lowest BCUT2D eigenvalue weighted by Crippen LogP contribution is -2.42. The molecule has 0 fully saturated rings. The predicted octanol–water partition coefficient (Wildman–Crippen LogP) is 1.69. The highest BCUT2D eigenvalue weighted by Gasteiger charge is 2.21. The van der Waals surface area contributed by atoms with Crippen molar-refractivity contribution >= 4 is 16.1 Å². The van der Waals surface area contributed by atoms with Crippen LogP contribution in [-0.2, 0) is 16.4 Å². The zero-order valence-corrected chi connectivity index (χ0v) is 14.4. The summed E-state index contributed by atoms with van der Waals surface area (Å²) in [5.41, 5.74) is 2.43. The van der Waals surface area contributed by atoms with Crippen molar-refractivity contribution in [3.8, 4) is 0 Å². The molecule has 0 aromatic heterocycles. The topological polar surface area (TPSA) is 87.3 Å². The Morgan fingerprint density at radius 2 is 2.04 bits per heavy atom. The first kappa shape index (κ1) is 17.7. The molecule has 1 aliphatic carbocycles. The van der Waals surface area contributed by atoms with Crippen molar-refractivity contribution < 1.29 is 13.2 Å². The van der Waals surface area contributed by atoms with Gasteiger partial charge in [-0.25, -0.2) is 17.9 Å². The summed E-state index contributed by atoms with van der Waals surface area (Å²) in [5.74, 6) is -0.125. The molecule has 0 saturated carbocycles. The third-order valence-corrected chi connectivity index (χ3v) is 5.32. The molecule has 0 heterocycles. The van der Waals surface area contributed by atoms with Gasteiger partial charge in [-0.3, -0.25) is 0 Å². The highest BCUT2D eigenvalue weighted by atomic mass is 32.2. The summed E-state index contributed by atoms with van der Waals surface area (Å²) >= 11 is 0. The monoisotopic (exact) mass is 339 g/mol. The molecule has 0 unspecified atom stereocenters. The molecule has 0 radical (unpaired) electrons. The molecule has 0 bridgehead atoms. The molecule has 7 heteroatoms. The molecular formula is C16H25N3O3S. The van der Waals surface area contributed by atoms with Crippen molar-refractivity contribution in [1.82, 2.24) is 15.4 Å². The first-order valence-electron chi connectivity index (χ1n) is 7.99. The standard InChI is InChI=1S/C16H25N3O3S/c1-12(2)19-23(21,22)11-10-17-16(20)18-15-9-5-7-13-6-3-4-8-14(13)15/h3-4,6,8,12,15,19H,5,7,9-11H2,1-2H3,(H2,17,18,20)/t15-/m1/s1. The number of carbonyl (C=O) groups excluding carboxylic acids is 1. The molecule has 1 aromatic carbocycles. The van der Waals surface area contributed by atoms with E-state index in [0.29, 0.717) is 0 Å². The molecule has 23 heavy (non-hydrogen) atoms. The number of rotatable bonds is 6.